The summed E-state index contributed by atoms with van der Waals surface area (Å²) in [5.41, 5.74) is 4.92. The van der Waals surface area contributed by atoms with Crippen LogP contribution in [0.4, 0.5) is 0 Å². The first-order valence-corrected chi connectivity index (χ1v) is 13.1. The Morgan fingerprint density at radius 3 is 2.33 bits per heavy atom. The molecule has 2 aliphatic rings. The van der Waals surface area contributed by atoms with E-state index >= 15 is 0 Å². The van der Waals surface area contributed by atoms with Gasteiger partial charge < -0.3 is 19.7 Å². The number of hydroxylamine groups is 1. The third-order valence-corrected chi connectivity index (χ3v) is 6.63. The number of unbranched alkanes of at least 4 members (excludes halogenated alkanes) is 2. The number of hydrogen-bond donors (Lipinski definition) is 3. The quantitative estimate of drug-likeness (QED) is 0.397. The van der Waals surface area contributed by atoms with E-state index in [-0.39, 0.29) is 42.4 Å². The fourth-order valence-corrected chi connectivity index (χ4v) is 4.60. The molecule has 1 aliphatic carbocycles. The number of hydrogen-bond acceptors (Lipinski definition) is 7. The molecule has 1 saturated heterocycles. The van der Waals surface area contributed by atoms with Crippen molar-refractivity contribution in [3.63, 3.8) is 0 Å². The summed E-state index contributed by atoms with van der Waals surface area (Å²) in [7, 11) is 1.34. The van der Waals surface area contributed by atoms with E-state index in [0.717, 1.165) is 17.5 Å². The fraction of sp³-hybridized carbons (Fsp3) is 0.552. The number of rotatable bonds is 8. The molecular formula is C29H43NO6. The molecule has 1 aliphatic heterocycles. The molecule has 0 radical (unpaired) electrons. The number of esters is 1. The van der Waals surface area contributed by atoms with Gasteiger partial charge in [-0.05, 0) is 48.7 Å². The number of ether oxygens (including phenoxy) is 2. The van der Waals surface area contributed by atoms with E-state index in [2.05, 4.69) is 19.3 Å². The summed E-state index contributed by atoms with van der Waals surface area (Å²) in [5, 5.41) is 20.0. The van der Waals surface area contributed by atoms with Crippen LogP contribution in [0.5, 0.6) is 11.5 Å². The average molecular weight is 502 g/mol. The van der Waals surface area contributed by atoms with E-state index in [9.17, 15) is 15.0 Å². The number of phenolic OH excluding ortho intramolecular Hbond substituents is 1. The van der Waals surface area contributed by atoms with Crippen LogP contribution in [0.1, 0.15) is 70.7 Å². The second-order valence-corrected chi connectivity index (χ2v) is 9.00. The molecule has 0 bridgehead atoms. The van der Waals surface area contributed by atoms with Crippen molar-refractivity contribution in [2.45, 2.75) is 78.6 Å². The normalized spacial score (nSPS) is 22.5. The molecule has 36 heavy (non-hydrogen) atoms. The highest BCUT2D eigenvalue weighted by molar-refractivity contribution is 5.91. The molecule has 1 heterocycles. The van der Waals surface area contributed by atoms with E-state index in [1.807, 2.05) is 32.9 Å². The molecule has 4 rings (SSSR count). The monoisotopic (exact) mass is 501 g/mol. The maximum atomic E-state index is 11.7. The standard InChI is InChI=1S/C22H25NO6.C5H12.C2H6/c1-12(17-9-16(11-24)20-21(17)29-23-20)28-19-7-6-14(10-18(19)25)13-4-3-5-15(8-13)22(26)27-2;1-3-5-4-2;1-2/h3-8,10,12,16-17,20-21,23-25H,9,11H2,1-2H3;3-5H2,1-2H3;1-2H3. The van der Waals surface area contributed by atoms with Crippen molar-refractivity contribution in [2.75, 3.05) is 13.7 Å². The van der Waals surface area contributed by atoms with Crippen molar-refractivity contribution in [1.29, 1.82) is 0 Å². The number of benzene rings is 2. The van der Waals surface area contributed by atoms with Crippen LogP contribution < -0.4 is 10.2 Å². The molecule has 2 aromatic carbocycles. The third-order valence-electron chi connectivity index (χ3n) is 6.63. The maximum absolute atomic E-state index is 11.7. The van der Waals surface area contributed by atoms with Crippen LogP contribution in [0.25, 0.3) is 11.1 Å². The third kappa shape index (κ3) is 7.21. The summed E-state index contributed by atoms with van der Waals surface area (Å²) in [6.07, 6.45) is 4.72. The molecule has 1 saturated carbocycles. The van der Waals surface area contributed by atoms with Crippen LogP contribution in [-0.2, 0) is 9.57 Å². The van der Waals surface area contributed by atoms with Crippen molar-refractivity contribution in [2.24, 2.45) is 11.8 Å². The SMILES string of the molecule is CC.CCCCC.COC(=O)c1cccc(-c2ccc(OC(C)C3CC(CO)C4NOC34)c(O)c2)c1. The van der Waals surface area contributed by atoms with Crippen LogP contribution >= 0.6 is 0 Å². The highest BCUT2D eigenvalue weighted by Gasteiger charge is 2.52. The van der Waals surface area contributed by atoms with Gasteiger partial charge in [0.2, 0.25) is 0 Å². The first kappa shape index (κ1) is 29.6. The van der Waals surface area contributed by atoms with Gasteiger partial charge in [0.15, 0.2) is 11.5 Å². The van der Waals surface area contributed by atoms with Gasteiger partial charge in [0.05, 0.1) is 18.7 Å². The molecular weight excluding hydrogens is 458 g/mol. The van der Waals surface area contributed by atoms with Crippen molar-refractivity contribution in [3.05, 3.63) is 48.0 Å². The van der Waals surface area contributed by atoms with Gasteiger partial charge in [0, 0.05) is 18.4 Å². The summed E-state index contributed by atoms with van der Waals surface area (Å²) >= 11 is 0. The van der Waals surface area contributed by atoms with Gasteiger partial charge in [-0.2, -0.15) is 5.48 Å². The number of aliphatic hydroxyl groups excluding tert-OH is 1. The summed E-state index contributed by atoms with van der Waals surface area (Å²) < 4.78 is 10.8. The highest BCUT2D eigenvalue weighted by atomic mass is 16.7. The van der Waals surface area contributed by atoms with Crippen molar-refractivity contribution < 1.29 is 29.3 Å². The lowest BCUT2D eigenvalue weighted by atomic mass is 9.97. The van der Waals surface area contributed by atoms with Crippen LogP contribution in [-0.4, -0.2) is 48.1 Å². The molecule has 3 N–H and O–H groups in total. The predicted octanol–water partition coefficient (Wildman–Crippen LogP) is 5.74. The van der Waals surface area contributed by atoms with Gasteiger partial charge in [0.25, 0.3) is 0 Å². The van der Waals surface area contributed by atoms with E-state index in [0.29, 0.717) is 11.3 Å². The molecule has 0 aromatic heterocycles. The minimum atomic E-state index is -0.409. The number of aromatic hydroxyl groups is 1. The lowest BCUT2D eigenvalue weighted by Gasteiger charge is -2.38. The van der Waals surface area contributed by atoms with Crippen molar-refractivity contribution in [3.8, 4) is 22.6 Å². The zero-order valence-electron chi connectivity index (χ0n) is 22.5. The lowest BCUT2D eigenvalue weighted by Crippen LogP contribution is -2.58. The van der Waals surface area contributed by atoms with Gasteiger partial charge in [-0.25, -0.2) is 4.79 Å². The Labute approximate surface area is 215 Å². The van der Waals surface area contributed by atoms with Crippen LogP contribution in [0, 0.1) is 11.8 Å². The zero-order chi connectivity index (χ0) is 26.7. The molecule has 5 unspecified atom stereocenters. The molecule has 0 amide bonds. The minimum absolute atomic E-state index is 0.0182. The number of aliphatic hydroxyl groups is 1. The molecule has 0 spiro atoms. The van der Waals surface area contributed by atoms with Crippen molar-refractivity contribution >= 4 is 5.97 Å². The van der Waals surface area contributed by atoms with E-state index in [1.165, 1.54) is 26.4 Å². The summed E-state index contributed by atoms with van der Waals surface area (Å²) in [6, 6.07) is 12.4. The van der Waals surface area contributed by atoms with Gasteiger partial charge in [-0.1, -0.05) is 65.2 Å². The van der Waals surface area contributed by atoms with Gasteiger partial charge in [-0.3, -0.25) is 4.84 Å². The molecule has 7 nitrogen and oxygen atoms in total. The van der Waals surface area contributed by atoms with Gasteiger partial charge >= 0.3 is 5.97 Å². The Bertz CT molecular complexity index is 945. The lowest BCUT2D eigenvalue weighted by molar-refractivity contribution is -0.188. The zero-order valence-corrected chi connectivity index (χ0v) is 22.5. The number of fused-ring (bicyclic) bond motifs is 1. The molecule has 7 heteroatoms. The molecule has 5 atom stereocenters. The van der Waals surface area contributed by atoms with Crippen molar-refractivity contribution in [1.82, 2.24) is 5.48 Å². The fourth-order valence-electron chi connectivity index (χ4n) is 4.60. The number of carbonyl (C=O) groups is 1. The first-order chi connectivity index (χ1) is 17.4. The first-order valence-electron chi connectivity index (χ1n) is 13.1. The molecule has 2 aromatic rings. The minimum Gasteiger partial charge on any atom is -0.504 e. The number of nitrogens with one attached hydrogen (secondary N) is 1. The highest BCUT2D eigenvalue weighted by Crippen LogP contribution is 2.42. The molecule has 200 valence electrons. The average Bonchev–Trinajstić information content (AvgIpc) is 3.15. The summed E-state index contributed by atoms with van der Waals surface area (Å²) in [5.74, 6) is 0.297. The number of carbonyl (C=O) groups excluding carboxylic acids is 1. The van der Waals surface area contributed by atoms with Crippen LogP contribution in [0.3, 0.4) is 0 Å². The largest absolute Gasteiger partial charge is 0.504 e. The van der Waals surface area contributed by atoms with E-state index in [4.69, 9.17) is 14.3 Å². The Morgan fingerprint density at radius 2 is 1.83 bits per heavy atom. The van der Waals surface area contributed by atoms with Crippen LogP contribution in [0.2, 0.25) is 0 Å². The Balaban J connectivity index is 0.000000583. The molecule has 2 fully saturated rings. The maximum Gasteiger partial charge on any atom is 0.337 e. The second kappa shape index (κ2) is 14.8. The summed E-state index contributed by atoms with van der Waals surface area (Å²) in [4.78, 5) is 17.2. The Kier molecular flexibility index (Phi) is 12.2. The number of methoxy groups -OCH3 is 1. The van der Waals surface area contributed by atoms with Gasteiger partial charge in [0.1, 0.15) is 12.2 Å². The predicted molar refractivity (Wildman–Crippen MR) is 142 cm³/mol. The second-order valence-electron chi connectivity index (χ2n) is 9.00. The van der Waals surface area contributed by atoms with E-state index < -0.39 is 5.97 Å². The Hall–Kier alpha value is -2.61. The Morgan fingerprint density at radius 1 is 1.14 bits per heavy atom. The topological polar surface area (TPSA) is 97.3 Å². The summed E-state index contributed by atoms with van der Waals surface area (Å²) in [6.45, 7) is 10.5. The van der Waals surface area contributed by atoms with Gasteiger partial charge in [-0.15, -0.1) is 0 Å². The number of phenols is 1. The van der Waals surface area contributed by atoms with Crippen LogP contribution in [0.15, 0.2) is 42.5 Å². The van der Waals surface area contributed by atoms with E-state index in [1.54, 1.807) is 30.3 Å². The smallest absolute Gasteiger partial charge is 0.337 e.